The normalized spacial score (nSPS) is 13.9. The third kappa shape index (κ3) is 7.17. The Labute approximate surface area is 108 Å². The van der Waals surface area contributed by atoms with Crippen LogP contribution in [0.4, 0.5) is 0 Å². The van der Waals surface area contributed by atoms with E-state index in [1.807, 2.05) is 23.5 Å². The second-order valence-electron chi connectivity index (χ2n) is 3.97. The van der Waals surface area contributed by atoms with E-state index in [-0.39, 0.29) is 0 Å². The standard InChI is InChI=1S/C11H23N3S2/c1-8(2)15-6-10(13-5)11(14-12)7-16-9(3)4/h8-9H,6-7,12H2,1-5H3. The van der Waals surface area contributed by atoms with Crippen LogP contribution in [0.3, 0.4) is 0 Å². The van der Waals surface area contributed by atoms with Crippen LogP contribution in [0.1, 0.15) is 27.7 Å². The summed E-state index contributed by atoms with van der Waals surface area (Å²) < 4.78 is 0. The van der Waals surface area contributed by atoms with Crippen LogP contribution < -0.4 is 5.84 Å². The lowest BCUT2D eigenvalue weighted by atomic mass is 10.3. The summed E-state index contributed by atoms with van der Waals surface area (Å²) in [6.45, 7) is 8.70. The van der Waals surface area contributed by atoms with Crippen molar-refractivity contribution in [2.24, 2.45) is 15.9 Å². The molecule has 0 fully saturated rings. The number of nitrogens with two attached hydrogens (primary N) is 1. The van der Waals surface area contributed by atoms with Crippen molar-refractivity contribution in [1.29, 1.82) is 0 Å². The van der Waals surface area contributed by atoms with E-state index in [1.54, 1.807) is 7.05 Å². The first-order chi connectivity index (χ1) is 7.51. The van der Waals surface area contributed by atoms with Crippen LogP contribution in [-0.2, 0) is 0 Å². The summed E-state index contributed by atoms with van der Waals surface area (Å²) in [4.78, 5) is 4.28. The van der Waals surface area contributed by atoms with E-state index in [0.29, 0.717) is 10.5 Å². The monoisotopic (exact) mass is 261 g/mol. The van der Waals surface area contributed by atoms with Crippen molar-refractivity contribution in [3.05, 3.63) is 0 Å². The van der Waals surface area contributed by atoms with E-state index in [1.165, 1.54) is 0 Å². The molecule has 94 valence electrons. The minimum absolute atomic E-state index is 0.590. The molecule has 5 heteroatoms. The van der Waals surface area contributed by atoms with Gasteiger partial charge in [0.15, 0.2) is 0 Å². The highest BCUT2D eigenvalue weighted by atomic mass is 32.2. The second-order valence-corrected chi connectivity index (χ2v) is 7.10. The van der Waals surface area contributed by atoms with Crippen molar-refractivity contribution in [2.45, 2.75) is 38.2 Å². The van der Waals surface area contributed by atoms with Gasteiger partial charge in [0.2, 0.25) is 0 Å². The summed E-state index contributed by atoms with van der Waals surface area (Å²) in [6.07, 6.45) is 0. The highest BCUT2D eigenvalue weighted by molar-refractivity contribution is 8.01. The van der Waals surface area contributed by atoms with E-state index in [9.17, 15) is 0 Å². The van der Waals surface area contributed by atoms with Gasteiger partial charge in [0.25, 0.3) is 0 Å². The minimum Gasteiger partial charge on any atom is -0.323 e. The summed E-state index contributed by atoms with van der Waals surface area (Å²) in [6, 6.07) is 0. The number of hydrazone groups is 1. The Kier molecular flexibility index (Phi) is 8.84. The van der Waals surface area contributed by atoms with Crippen LogP contribution in [0.15, 0.2) is 10.1 Å². The van der Waals surface area contributed by atoms with Crippen molar-refractivity contribution in [3.63, 3.8) is 0 Å². The zero-order chi connectivity index (χ0) is 12.6. The lowest BCUT2D eigenvalue weighted by Gasteiger charge is -2.11. The number of rotatable bonds is 7. The van der Waals surface area contributed by atoms with Gasteiger partial charge < -0.3 is 5.84 Å². The van der Waals surface area contributed by atoms with Gasteiger partial charge in [-0.15, -0.1) is 0 Å². The Bertz CT molecular complexity index is 222. The Hall–Kier alpha value is -0.160. The van der Waals surface area contributed by atoms with Gasteiger partial charge >= 0.3 is 0 Å². The molecule has 0 aliphatic rings. The second kappa shape index (κ2) is 8.93. The lowest BCUT2D eigenvalue weighted by Crippen LogP contribution is -2.22. The SMILES string of the molecule is CN=C(CSC(C)C)C(CSC(C)C)=NN. The van der Waals surface area contributed by atoms with Crippen LogP contribution >= 0.6 is 23.5 Å². The van der Waals surface area contributed by atoms with Gasteiger partial charge in [0.1, 0.15) is 0 Å². The van der Waals surface area contributed by atoms with E-state index in [4.69, 9.17) is 5.84 Å². The fourth-order valence-electron chi connectivity index (χ4n) is 0.963. The van der Waals surface area contributed by atoms with Crippen LogP contribution in [0, 0.1) is 0 Å². The zero-order valence-electron chi connectivity index (χ0n) is 10.9. The first kappa shape index (κ1) is 15.8. The van der Waals surface area contributed by atoms with Crippen molar-refractivity contribution in [3.8, 4) is 0 Å². The fraction of sp³-hybridized carbons (Fsp3) is 0.818. The van der Waals surface area contributed by atoms with E-state index >= 15 is 0 Å². The van der Waals surface area contributed by atoms with Crippen molar-refractivity contribution >= 4 is 34.9 Å². The average molecular weight is 261 g/mol. The third-order valence-electron chi connectivity index (χ3n) is 1.87. The number of nitrogens with zero attached hydrogens (tertiary/aromatic N) is 2. The molecular weight excluding hydrogens is 238 g/mol. The first-order valence-electron chi connectivity index (χ1n) is 5.47. The summed E-state index contributed by atoms with van der Waals surface area (Å²) in [5.41, 5.74) is 1.95. The van der Waals surface area contributed by atoms with E-state index < -0.39 is 0 Å². The van der Waals surface area contributed by atoms with Gasteiger partial charge in [-0.3, -0.25) is 4.99 Å². The maximum Gasteiger partial charge on any atom is 0.0917 e. The van der Waals surface area contributed by atoms with Crippen LogP contribution in [-0.4, -0.2) is 40.5 Å². The van der Waals surface area contributed by atoms with Gasteiger partial charge in [-0.2, -0.15) is 28.6 Å². The molecule has 0 heterocycles. The molecule has 0 aliphatic carbocycles. The molecule has 0 unspecified atom stereocenters. The molecule has 0 aromatic carbocycles. The molecule has 0 rings (SSSR count). The quantitative estimate of drug-likeness (QED) is 0.435. The highest BCUT2D eigenvalue weighted by Gasteiger charge is 2.10. The molecule has 3 nitrogen and oxygen atoms in total. The third-order valence-corrected chi connectivity index (χ3v) is 4.08. The molecule has 0 saturated heterocycles. The van der Waals surface area contributed by atoms with Gasteiger partial charge in [-0.25, -0.2) is 0 Å². The minimum atomic E-state index is 0.590. The van der Waals surface area contributed by atoms with Crippen LogP contribution in [0.2, 0.25) is 0 Å². The molecular formula is C11H23N3S2. The molecule has 0 aromatic rings. The first-order valence-corrected chi connectivity index (χ1v) is 7.57. The number of thioether (sulfide) groups is 2. The highest BCUT2D eigenvalue weighted by Crippen LogP contribution is 2.13. The van der Waals surface area contributed by atoms with Crippen molar-refractivity contribution in [2.75, 3.05) is 18.6 Å². The maximum absolute atomic E-state index is 5.43. The van der Waals surface area contributed by atoms with E-state index in [2.05, 4.69) is 37.8 Å². The molecule has 0 spiro atoms. The number of aliphatic imine (C=N–C) groups is 1. The molecule has 0 bridgehead atoms. The van der Waals surface area contributed by atoms with Crippen LogP contribution in [0.5, 0.6) is 0 Å². The summed E-state index contributed by atoms with van der Waals surface area (Å²) in [5, 5.41) is 5.06. The predicted octanol–water partition coefficient (Wildman–Crippen LogP) is 2.66. The zero-order valence-corrected chi connectivity index (χ0v) is 12.5. The Morgan fingerprint density at radius 1 is 1.00 bits per heavy atom. The fourth-order valence-corrected chi connectivity index (χ4v) is 2.48. The molecule has 0 atom stereocenters. The predicted molar refractivity (Wildman–Crippen MR) is 80.2 cm³/mol. The average Bonchev–Trinajstić information content (AvgIpc) is 2.22. The maximum atomic E-state index is 5.43. The number of hydrogen-bond donors (Lipinski definition) is 1. The summed E-state index contributed by atoms with van der Waals surface area (Å²) >= 11 is 3.71. The molecule has 0 aromatic heterocycles. The molecule has 0 amide bonds. The molecule has 16 heavy (non-hydrogen) atoms. The Morgan fingerprint density at radius 3 is 1.75 bits per heavy atom. The molecule has 0 saturated carbocycles. The van der Waals surface area contributed by atoms with Gasteiger partial charge in [0.05, 0.1) is 11.4 Å². The molecule has 0 aliphatic heterocycles. The largest absolute Gasteiger partial charge is 0.323 e. The van der Waals surface area contributed by atoms with E-state index in [0.717, 1.165) is 22.9 Å². The van der Waals surface area contributed by atoms with Gasteiger partial charge in [0, 0.05) is 18.6 Å². The van der Waals surface area contributed by atoms with Crippen LogP contribution in [0.25, 0.3) is 0 Å². The topological polar surface area (TPSA) is 50.7 Å². The van der Waals surface area contributed by atoms with Gasteiger partial charge in [-0.05, 0) is 10.5 Å². The number of hydrogen-bond acceptors (Lipinski definition) is 5. The smallest absolute Gasteiger partial charge is 0.0917 e. The summed E-state index contributed by atoms with van der Waals surface area (Å²) in [5.74, 6) is 7.16. The van der Waals surface area contributed by atoms with Crippen molar-refractivity contribution in [1.82, 2.24) is 0 Å². The Morgan fingerprint density at radius 2 is 1.44 bits per heavy atom. The van der Waals surface area contributed by atoms with Gasteiger partial charge in [-0.1, -0.05) is 27.7 Å². The molecule has 2 N–H and O–H groups in total. The molecule has 0 radical (unpaired) electrons. The van der Waals surface area contributed by atoms with Crippen molar-refractivity contribution < 1.29 is 0 Å². The lowest BCUT2D eigenvalue weighted by molar-refractivity contribution is 1.11. The Balaban J connectivity index is 4.31. The summed E-state index contributed by atoms with van der Waals surface area (Å²) in [7, 11) is 1.81.